The van der Waals surface area contributed by atoms with Crippen molar-refractivity contribution in [2.45, 2.75) is 25.9 Å². The average molecular weight is 367 g/mol. The van der Waals surface area contributed by atoms with Gasteiger partial charge in [-0.2, -0.15) is 0 Å². The Morgan fingerprint density at radius 1 is 1.52 bits per heavy atom. The summed E-state index contributed by atoms with van der Waals surface area (Å²) in [5.74, 6) is 0.925. The van der Waals surface area contributed by atoms with Crippen LogP contribution in [0.1, 0.15) is 24.8 Å². The smallest absolute Gasteiger partial charge is 0.217 e. The van der Waals surface area contributed by atoms with E-state index in [-0.39, 0.29) is 5.91 Å². The molecule has 0 radical (unpaired) electrons. The lowest BCUT2D eigenvalue weighted by molar-refractivity contribution is -0.119. The number of nitrogens with one attached hydrogen (secondary N) is 1. The molecular weight excluding hydrogens is 340 g/mol. The third kappa shape index (κ3) is 6.92. The molecular formula is C18H27ClN4O2. The first kappa shape index (κ1) is 19.5. The molecule has 0 spiro atoms. The van der Waals surface area contributed by atoms with Gasteiger partial charge in [0.25, 0.3) is 0 Å². The summed E-state index contributed by atoms with van der Waals surface area (Å²) in [5.41, 5.74) is 6.38. The van der Waals surface area contributed by atoms with Gasteiger partial charge in [-0.05, 0) is 36.5 Å². The topological polar surface area (TPSA) is 80.0 Å². The number of carbonyl (C=O) groups is 1. The highest BCUT2D eigenvalue weighted by Crippen LogP contribution is 2.19. The molecule has 1 unspecified atom stereocenters. The van der Waals surface area contributed by atoms with E-state index in [0.717, 1.165) is 42.5 Å². The molecule has 1 aliphatic heterocycles. The number of guanidine groups is 1. The summed E-state index contributed by atoms with van der Waals surface area (Å²) in [7, 11) is 1.77. The third-order valence-electron chi connectivity index (χ3n) is 4.21. The van der Waals surface area contributed by atoms with Crippen molar-refractivity contribution in [3.8, 4) is 0 Å². The zero-order valence-electron chi connectivity index (χ0n) is 14.7. The van der Waals surface area contributed by atoms with Crippen molar-refractivity contribution >= 4 is 23.5 Å². The van der Waals surface area contributed by atoms with Crippen LogP contribution in [0.15, 0.2) is 29.3 Å². The van der Waals surface area contributed by atoms with Crippen LogP contribution in [-0.2, 0) is 16.1 Å². The standard InChI is InChI=1S/C18H27ClN4O2/c1-21-18(23-8-3-5-14(12-23)11-17(20)24)22-7-9-25-13-15-4-2-6-16(19)10-15/h2,4,6,10,14H,3,5,7-9,11-13H2,1H3,(H2,20,24)(H,21,22). The Labute approximate surface area is 154 Å². The summed E-state index contributed by atoms with van der Waals surface area (Å²) in [6.07, 6.45) is 2.53. The molecule has 1 saturated heterocycles. The number of amides is 1. The summed E-state index contributed by atoms with van der Waals surface area (Å²) in [6.45, 7) is 3.53. The van der Waals surface area contributed by atoms with E-state index in [9.17, 15) is 4.79 Å². The van der Waals surface area contributed by atoms with E-state index in [1.807, 2.05) is 24.3 Å². The molecule has 0 aliphatic carbocycles. The molecule has 6 nitrogen and oxygen atoms in total. The fraction of sp³-hybridized carbons (Fsp3) is 0.556. The highest BCUT2D eigenvalue weighted by atomic mass is 35.5. The Kier molecular flexibility index (Phi) is 8.01. The highest BCUT2D eigenvalue weighted by molar-refractivity contribution is 6.30. The fourth-order valence-electron chi connectivity index (χ4n) is 3.09. The predicted molar refractivity (Wildman–Crippen MR) is 101 cm³/mol. The maximum atomic E-state index is 11.1. The number of aliphatic imine (C=N–C) groups is 1. The van der Waals surface area contributed by atoms with Crippen LogP contribution in [0.5, 0.6) is 0 Å². The number of nitrogens with two attached hydrogens (primary N) is 1. The molecule has 1 heterocycles. The van der Waals surface area contributed by atoms with E-state index >= 15 is 0 Å². The van der Waals surface area contributed by atoms with Gasteiger partial charge >= 0.3 is 0 Å². The molecule has 138 valence electrons. The molecule has 1 amide bonds. The van der Waals surface area contributed by atoms with Crippen LogP contribution in [0.3, 0.4) is 0 Å². The molecule has 3 N–H and O–H groups in total. The molecule has 2 rings (SSSR count). The zero-order chi connectivity index (χ0) is 18.1. The van der Waals surface area contributed by atoms with Crippen molar-refractivity contribution in [3.05, 3.63) is 34.9 Å². The predicted octanol–water partition coefficient (Wildman–Crippen LogP) is 2.02. The molecule has 0 aromatic heterocycles. The highest BCUT2D eigenvalue weighted by Gasteiger charge is 2.23. The number of halogens is 1. The van der Waals surface area contributed by atoms with Crippen molar-refractivity contribution in [1.82, 2.24) is 10.2 Å². The number of piperidine rings is 1. The molecule has 0 bridgehead atoms. The lowest BCUT2D eigenvalue weighted by Gasteiger charge is -2.34. The number of hydrogen-bond donors (Lipinski definition) is 2. The van der Waals surface area contributed by atoms with Crippen molar-refractivity contribution in [3.63, 3.8) is 0 Å². The number of hydrogen-bond acceptors (Lipinski definition) is 3. The molecule has 1 aromatic carbocycles. The summed E-state index contributed by atoms with van der Waals surface area (Å²) < 4.78 is 5.67. The van der Waals surface area contributed by atoms with Crippen molar-refractivity contribution in [1.29, 1.82) is 0 Å². The van der Waals surface area contributed by atoms with Crippen LogP contribution in [0.2, 0.25) is 5.02 Å². The van der Waals surface area contributed by atoms with Crippen molar-refractivity contribution in [2.24, 2.45) is 16.6 Å². The number of benzene rings is 1. The van der Waals surface area contributed by atoms with Gasteiger partial charge in [0.2, 0.25) is 5.91 Å². The molecule has 1 aromatic rings. The Bertz CT molecular complexity index is 594. The second-order valence-electron chi connectivity index (χ2n) is 6.28. The third-order valence-corrected chi connectivity index (χ3v) is 4.44. The lowest BCUT2D eigenvalue weighted by Crippen LogP contribution is -2.47. The number of primary amides is 1. The molecule has 1 aliphatic rings. The Hall–Kier alpha value is -1.79. The van der Waals surface area contributed by atoms with Crippen LogP contribution >= 0.6 is 11.6 Å². The first-order valence-corrected chi connectivity index (χ1v) is 9.02. The van der Waals surface area contributed by atoms with Gasteiger partial charge in [-0.1, -0.05) is 23.7 Å². The Balaban J connectivity index is 1.70. The van der Waals surface area contributed by atoms with Crippen molar-refractivity contribution < 1.29 is 9.53 Å². The second-order valence-corrected chi connectivity index (χ2v) is 6.72. The van der Waals surface area contributed by atoms with Crippen LogP contribution in [-0.4, -0.2) is 50.1 Å². The lowest BCUT2D eigenvalue weighted by atomic mass is 9.95. The number of nitrogens with zero attached hydrogens (tertiary/aromatic N) is 2. The van der Waals surface area contributed by atoms with Crippen LogP contribution in [0.25, 0.3) is 0 Å². The summed E-state index contributed by atoms with van der Waals surface area (Å²) in [4.78, 5) is 17.7. The van der Waals surface area contributed by atoms with Gasteiger partial charge in [0.1, 0.15) is 0 Å². The van der Waals surface area contributed by atoms with Gasteiger partial charge in [-0.15, -0.1) is 0 Å². The normalized spacial score (nSPS) is 18.2. The molecule has 7 heteroatoms. The quantitative estimate of drug-likeness (QED) is 0.439. The summed E-state index contributed by atoms with van der Waals surface area (Å²) in [5, 5.41) is 4.04. The zero-order valence-corrected chi connectivity index (χ0v) is 15.5. The van der Waals surface area contributed by atoms with Crippen LogP contribution in [0, 0.1) is 5.92 Å². The number of rotatable bonds is 7. The second kappa shape index (κ2) is 10.3. The Morgan fingerprint density at radius 2 is 2.36 bits per heavy atom. The average Bonchev–Trinajstić information content (AvgIpc) is 2.58. The first-order chi connectivity index (χ1) is 12.1. The van der Waals surface area contributed by atoms with E-state index < -0.39 is 0 Å². The van der Waals surface area contributed by atoms with Crippen LogP contribution < -0.4 is 11.1 Å². The van der Waals surface area contributed by atoms with Gasteiger partial charge in [0.15, 0.2) is 5.96 Å². The fourth-order valence-corrected chi connectivity index (χ4v) is 3.31. The minimum absolute atomic E-state index is 0.232. The van der Waals surface area contributed by atoms with E-state index in [0.29, 0.717) is 32.1 Å². The maximum absolute atomic E-state index is 11.1. The van der Waals surface area contributed by atoms with Gasteiger partial charge < -0.3 is 20.7 Å². The largest absolute Gasteiger partial charge is 0.375 e. The summed E-state index contributed by atoms with van der Waals surface area (Å²) >= 11 is 5.96. The SMILES string of the molecule is CN=C(NCCOCc1cccc(Cl)c1)N1CCCC(CC(N)=O)C1. The van der Waals surface area contributed by atoms with Gasteiger partial charge in [-0.3, -0.25) is 9.79 Å². The molecule has 1 atom stereocenters. The monoisotopic (exact) mass is 366 g/mol. The minimum atomic E-state index is -0.232. The van der Waals surface area contributed by atoms with E-state index in [2.05, 4.69) is 15.2 Å². The van der Waals surface area contributed by atoms with E-state index in [1.54, 1.807) is 7.05 Å². The van der Waals surface area contributed by atoms with E-state index in [4.69, 9.17) is 22.1 Å². The number of carbonyl (C=O) groups excluding carboxylic acids is 1. The molecule has 0 saturated carbocycles. The maximum Gasteiger partial charge on any atom is 0.217 e. The Morgan fingerprint density at radius 3 is 3.08 bits per heavy atom. The van der Waals surface area contributed by atoms with Crippen LogP contribution in [0.4, 0.5) is 0 Å². The molecule has 25 heavy (non-hydrogen) atoms. The molecule has 1 fully saturated rings. The minimum Gasteiger partial charge on any atom is -0.375 e. The number of ether oxygens (including phenoxy) is 1. The van der Waals surface area contributed by atoms with Gasteiger partial charge in [0, 0.05) is 38.1 Å². The van der Waals surface area contributed by atoms with Gasteiger partial charge in [-0.25, -0.2) is 0 Å². The van der Waals surface area contributed by atoms with Gasteiger partial charge in [0.05, 0.1) is 13.2 Å². The number of likely N-dealkylation sites (tertiary alicyclic amines) is 1. The van der Waals surface area contributed by atoms with E-state index in [1.165, 1.54) is 0 Å². The summed E-state index contributed by atoms with van der Waals surface area (Å²) in [6, 6.07) is 7.66. The van der Waals surface area contributed by atoms with Crippen molar-refractivity contribution in [2.75, 3.05) is 33.3 Å². The first-order valence-electron chi connectivity index (χ1n) is 8.64.